The number of ether oxygens (including phenoxy) is 2. The Hall–Kier alpha value is -4.33. The fourth-order valence-electron chi connectivity index (χ4n) is 4.00. The molecular formula is C32H47N5O8. The van der Waals surface area contributed by atoms with Crippen LogP contribution >= 0.6 is 0 Å². The van der Waals surface area contributed by atoms with Gasteiger partial charge in [0.1, 0.15) is 6.10 Å². The molecule has 248 valence electrons. The minimum Gasteiger partial charge on any atom is -0.383 e. The van der Waals surface area contributed by atoms with Crippen LogP contribution in [0.15, 0.2) is 51.8 Å². The Morgan fingerprint density at radius 2 is 1.78 bits per heavy atom. The Labute approximate surface area is 264 Å². The molecule has 0 radical (unpaired) electrons. The Bertz CT molecular complexity index is 1350. The summed E-state index contributed by atoms with van der Waals surface area (Å²) in [5, 5.41) is 15.5. The Balaban J connectivity index is 0.000000409. The number of aromatic amines is 1. The molecule has 1 aliphatic heterocycles. The number of carbonyl (C=O) groups is 3. The third-order valence-corrected chi connectivity index (χ3v) is 6.36. The quantitative estimate of drug-likeness (QED) is 0.282. The normalized spacial score (nSPS) is 12.6. The third-order valence-electron chi connectivity index (χ3n) is 6.36. The van der Waals surface area contributed by atoms with Crippen LogP contribution in [0.25, 0.3) is 11.4 Å². The molecule has 0 aliphatic carbocycles. The minimum atomic E-state index is -1.02. The van der Waals surface area contributed by atoms with Crippen LogP contribution in [0.4, 0.5) is 11.4 Å². The van der Waals surface area contributed by atoms with Crippen LogP contribution in [0.1, 0.15) is 57.0 Å². The number of benzene rings is 2. The van der Waals surface area contributed by atoms with E-state index in [-0.39, 0.29) is 5.91 Å². The Morgan fingerprint density at radius 3 is 2.31 bits per heavy atom. The van der Waals surface area contributed by atoms with Crippen LogP contribution in [0.5, 0.6) is 0 Å². The van der Waals surface area contributed by atoms with Gasteiger partial charge in [-0.15, -0.1) is 0 Å². The summed E-state index contributed by atoms with van der Waals surface area (Å²) >= 11 is 0. The summed E-state index contributed by atoms with van der Waals surface area (Å²) < 4.78 is 14.7. The van der Waals surface area contributed by atoms with Crippen molar-refractivity contribution < 1.29 is 33.5 Å². The number of anilines is 2. The summed E-state index contributed by atoms with van der Waals surface area (Å²) in [5.74, 6) is -0.778. The van der Waals surface area contributed by atoms with Crippen LogP contribution < -0.4 is 16.0 Å². The van der Waals surface area contributed by atoms with Gasteiger partial charge in [0.2, 0.25) is 6.41 Å². The lowest BCUT2D eigenvalue weighted by Gasteiger charge is -2.28. The van der Waals surface area contributed by atoms with Crippen LogP contribution in [-0.2, 0) is 19.1 Å². The molecule has 45 heavy (non-hydrogen) atoms. The van der Waals surface area contributed by atoms with Crippen molar-refractivity contribution >= 4 is 29.6 Å². The number of aromatic nitrogens is 2. The van der Waals surface area contributed by atoms with Gasteiger partial charge in [0.15, 0.2) is 5.82 Å². The van der Waals surface area contributed by atoms with Gasteiger partial charge >= 0.3 is 5.76 Å². The van der Waals surface area contributed by atoms with E-state index in [2.05, 4.69) is 20.0 Å². The number of aliphatic hydroxyl groups excluding tert-OH is 1. The smallest absolute Gasteiger partial charge is 0.383 e. The van der Waals surface area contributed by atoms with E-state index < -0.39 is 17.8 Å². The highest BCUT2D eigenvalue weighted by atomic mass is 16.5. The molecule has 1 aliphatic rings. The molecule has 13 heteroatoms. The molecule has 0 spiro atoms. The summed E-state index contributed by atoms with van der Waals surface area (Å²) in [4.78, 5) is 52.0. The van der Waals surface area contributed by atoms with E-state index >= 15 is 0 Å². The summed E-state index contributed by atoms with van der Waals surface area (Å²) in [6, 6.07) is 12.1. The lowest BCUT2D eigenvalue weighted by Crippen LogP contribution is -2.41. The maximum absolute atomic E-state index is 12.6. The highest BCUT2D eigenvalue weighted by Gasteiger charge is 2.22. The van der Waals surface area contributed by atoms with Crippen molar-refractivity contribution in [2.24, 2.45) is 0 Å². The second-order valence-electron chi connectivity index (χ2n) is 9.08. The Kier molecular flexibility index (Phi) is 18.4. The van der Waals surface area contributed by atoms with E-state index in [1.54, 1.807) is 60.2 Å². The molecule has 3 aromatic rings. The van der Waals surface area contributed by atoms with Crippen LogP contribution in [-0.4, -0.2) is 91.0 Å². The molecule has 2 aromatic carbocycles. The molecule has 0 saturated carbocycles. The van der Waals surface area contributed by atoms with Crippen molar-refractivity contribution in [1.29, 1.82) is 0 Å². The van der Waals surface area contributed by atoms with Gasteiger partial charge in [0.25, 0.3) is 11.8 Å². The first-order valence-corrected chi connectivity index (χ1v) is 15.1. The molecule has 0 unspecified atom stereocenters. The van der Waals surface area contributed by atoms with Gasteiger partial charge in [-0.2, -0.15) is 0 Å². The summed E-state index contributed by atoms with van der Waals surface area (Å²) in [5.41, 5.74) is 3.38. The van der Waals surface area contributed by atoms with Gasteiger partial charge in [-0.05, 0) is 55.3 Å². The number of nitrogens with one attached hydrogen (secondary N) is 2. The maximum atomic E-state index is 12.6. The van der Waals surface area contributed by atoms with Crippen molar-refractivity contribution in [2.75, 3.05) is 56.8 Å². The Morgan fingerprint density at radius 1 is 1.13 bits per heavy atom. The van der Waals surface area contributed by atoms with Gasteiger partial charge < -0.3 is 29.7 Å². The first kappa shape index (κ1) is 38.7. The molecule has 1 atom stereocenters. The minimum absolute atomic E-state index is 0.0137. The van der Waals surface area contributed by atoms with E-state index in [0.29, 0.717) is 68.5 Å². The lowest BCUT2D eigenvalue weighted by atomic mass is 10.0. The predicted molar refractivity (Wildman–Crippen MR) is 173 cm³/mol. The highest BCUT2D eigenvalue weighted by Crippen LogP contribution is 2.24. The number of carbonyl (C=O) groups excluding carboxylic acids is 3. The number of hydrogen-bond donors (Lipinski definition) is 3. The summed E-state index contributed by atoms with van der Waals surface area (Å²) in [6.07, 6.45) is 0.0978. The number of aliphatic hydroxyl groups is 1. The van der Waals surface area contributed by atoms with Crippen molar-refractivity contribution in [3.8, 4) is 11.4 Å². The average molecular weight is 630 g/mol. The molecule has 0 bridgehead atoms. The summed E-state index contributed by atoms with van der Waals surface area (Å²) in [7, 11) is 1.59. The number of rotatable bonds is 10. The lowest BCUT2D eigenvalue weighted by molar-refractivity contribution is -0.124. The monoisotopic (exact) mass is 629 g/mol. The molecule has 2 heterocycles. The van der Waals surface area contributed by atoms with Gasteiger partial charge in [-0.1, -0.05) is 45.8 Å². The molecule has 1 aromatic heterocycles. The van der Waals surface area contributed by atoms with Gasteiger partial charge in [0, 0.05) is 49.2 Å². The van der Waals surface area contributed by atoms with E-state index in [0.717, 1.165) is 17.7 Å². The molecular weight excluding hydrogens is 582 g/mol. The van der Waals surface area contributed by atoms with E-state index in [1.807, 2.05) is 40.7 Å². The van der Waals surface area contributed by atoms with E-state index in [4.69, 9.17) is 9.47 Å². The number of morpholine rings is 1. The SMILES string of the molecule is CC.CC.CC[C@@H](O)C(=O)Nc1ccc(-c2noc(=O)[nH]2)cc1.COCCN(C=O)c1cccc(C(=O)N2CCOCC2)c1C. The number of hydrogen-bond acceptors (Lipinski definition) is 9. The van der Waals surface area contributed by atoms with Crippen LogP contribution in [0.2, 0.25) is 0 Å². The first-order valence-electron chi connectivity index (χ1n) is 15.1. The van der Waals surface area contributed by atoms with Gasteiger partial charge in [-0.25, -0.2) is 4.79 Å². The van der Waals surface area contributed by atoms with Crippen LogP contribution in [0.3, 0.4) is 0 Å². The van der Waals surface area contributed by atoms with E-state index in [9.17, 15) is 24.3 Å². The second-order valence-corrected chi connectivity index (χ2v) is 9.08. The maximum Gasteiger partial charge on any atom is 0.439 e. The van der Waals surface area contributed by atoms with Crippen LogP contribution in [0, 0.1) is 6.92 Å². The first-order chi connectivity index (χ1) is 21.8. The third kappa shape index (κ3) is 11.9. The topological polar surface area (TPSA) is 167 Å². The molecule has 3 amide bonds. The number of nitrogens with zero attached hydrogens (tertiary/aromatic N) is 3. The second kappa shape index (κ2) is 21.4. The number of H-pyrrole nitrogens is 1. The van der Waals surface area contributed by atoms with Crippen molar-refractivity contribution in [3.05, 3.63) is 64.1 Å². The average Bonchev–Trinajstić information content (AvgIpc) is 3.53. The fraction of sp³-hybridized carbons (Fsp3) is 0.469. The molecule has 1 saturated heterocycles. The summed E-state index contributed by atoms with van der Waals surface area (Å²) in [6.45, 7) is 14.8. The molecule has 4 rings (SSSR count). The molecule has 1 fully saturated rings. The van der Waals surface area contributed by atoms with E-state index in [1.165, 1.54) is 0 Å². The van der Waals surface area contributed by atoms with Crippen molar-refractivity contribution in [2.45, 2.75) is 54.1 Å². The standard InChI is InChI=1S/C16H22N2O4.C12H13N3O4.2C2H6/c1-13-14(16(20)17-7-10-22-11-8-17)4-3-5-15(13)18(12-19)6-9-21-2;1-2-9(16)11(17)13-8-5-3-7(4-6-8)10-14-12(18)19-15-10;2*1-2/h3-5,12H,6-11H2,1-2H3;3-6,9,16H,2H2,1H3,(H,13,17)(H,14,15,18);2*1-2H3/t;9-;;/m.1../s1. The predicted octanol–water partition coefficient (Wildman–Crippen LogP) is 3.87. The fourth-order valence-corrected chi connectivity index (χ4v) is 4.00. The highest BCUT2D eigenvalue weighted by molar-refractivity contribution is 5.98. The molecule has 3 N–H and O–H groups in total. The van der Waals surface area contributed by atoms with Crippen molar-refractivity contribution in [3.63, 3.8) is 0 Å². The zero-order chi connectivity index (χ0) is 33.8. The van der Waals surface area contributed by atoms with Gasteiger partial charge in [0.05, 0.1) is 19.8 Å². The number of amides is 3. The zero-order valence-electron chi connectivity index (χ0n) is 27.3. The number of methoxy groups -OCH3 is 1. The largest absolute Gasteiger partial charge is 0.439 e. The van der Waals surface area contributed by atoms with Crippen molar-refractivity contribution in [1.82, 2.24) is 15.0 Å². The molecule has 13 nitrogen and oxygen atoms in total. The zero-order valence-corrected chi connectivity index (χ0v) is 27.3. The van der Waals surface area contributed by atoms with Gasteiger partial charge in [-0.3, -0.25) is 23.9 Å².